The fourth-order valence-corrected chi connectivity index (χ4v) is 2.56. The number of anilines is 1. The van der Waals surface area contributed by atoms with Gasteiger partial charge in [0.25, 0.3) is 0 Å². The predicted molar refractivity (Wildman–Crippen MR) is 90.5 cm³/mol. The Kier molecular flexibility index (Phi) is 6.67. The van der Waals surface area contributed by atoms with Crippen molar-refractivity contribution >= 4 is 40.6 Å². The van der Waals surface area contributed by atoms with E-state index in [0.717, 1.165) is 16.9 Å². The first kappa shape index (κ1) is 18.3. The second kappa shape index (κ2) is 8.03. The van der Waals surface area contributed by atoms with E-state index in [1.54, 1.807) is 6.92 Å². The van der Waals surface area contributed by atoms with Crippen LogP contribution in [0.5, 0.6) is 0 Å². The van der Waals surface area contributed by atoms with Crippen molar-refractivity contribution in [2.24, 2.45) is 11.7 Å². The molecule has 0 radical (unpaired) electrons. The quantitative estimate of drug-likeness (QED) is 0.820. The molecule has 1 amide bonds. The SMILES string of the molecule is CC(=O)c1cnc(NC(=O)C(C)C(N)c2ccccc2)s1.Cl. The molecule has 5 nitrogen and oxygen atoms in total. The first-order chi connectivity index (χ1) is 9.99. The van der Waals surface area contributed by atoms with E-state index in [1.165, 1.54) is 13.1 Å². The second-order valence-electron chi connectivity index (χ2n) is 4.80. The average molecular weight is 340 g/mol. The van der Waals surface area contributed by atoms with Crippen LogP contribution in [0, 0.1) is 5.92 Å². The summed E-state index contributed by atoms with van der Waals surface area (Å²) in [5.41, 5.74) is 7.02. The van der Waals surface area contributed by atoms with Crippen LogP contribution in [-0.2, 0) is 4.79 Å². The van der Waals surface area contributed by atoms with Gasteiger partial charge in [-0.05, 0) is 5.56 Å². The van der Waals surface area contributed by atoms with Gasteiger partial charge < -0.3 is 11.1 Å². The lowest BCUT2D eigenvalue weighted by Crippen LogP contribution is -2.30. The maximum Gasteiger partial charge on any atom is 0.230 e. The summed E-state index contributed by atoms with van der Waals surface area (Å²) in [5.74, 6) is -0.685. The number of aromatic nitrogens is 1. The number of benzene rings is 1. The van der Waals surface area contributed by atoms with Crippen molar-refractivity contribution in [3.05, 3.63) is 47.0 Å². The molecule has 0 fully saturated rings. The fourth-order valence-electron chi connectivity index (χ4n) is 1.84. The Morgan fingerprint density at radius 2 is 1.91 bits per heavy atom. The summed E-state index contributed by atoms with van der Waals surface area (Å²) in [4.78, 5) is 27.9. The molecule has 0 saturated carbocycles. The topological polar surface area (TPSA) is 85.1 Å². The van der Waals surface area contributed by atoms with E-state index in [9.17, 15) is 9.59 Å². The molecule has 7 heteroatoms. The van der Waals surface area contributed by atoms with Crippen molar-refractivity contribution in [3.63, 3.8) is 0 Å². The molecule has 1 aromatic heterocycles. The molecule has 1 aromatic carbocycles. The number of hydrogen-bond acceptors (Lipinski definition) is 5. The van der Waals surface area contributed by atoms with Gasteiger partial charge in [0.1, 0.15) is 0 Å². The third-order valence-electron chi connectivity index (χ3n) is 3.22. The normalized spacial score (nSPS) is 12.9. The van der Waals surface area contributed by atoms with Gasteiger partial charge in [0, 0.05) is 13.0 Å². The third kappa shape index (κ3) is 4.37. The van der Waals surface area contributed by atoms with Crippen LogP contribution in [-0.4, -0.2) is 16.7 Å². The van der Waals surface area contributed by atoms with Crippen LogP contribution in [0.1, 0.15) is 35.1 Å². The van der Waals surface area contributed by atoms with Gasteiger partial charge in [-0.3, -0.25) is 9.59 Å². The molecule has 2 atom stereocenters. The molecule has 22 heavy (non-hydrogen) atoms. The summed E-state index contributed by atoms with van der Waals surface area (Å²) in [7, 11) is 0. The minimum Gasteiger partial charge on any atom is -0.323 e. The van der Waals surface area contributed by atoms with Crippen LogP contribution >= 0.6 is 23.7 Å². The monoisotopic (exact) mass is 339 g/mol. The highest BCUT2D eigenvalue weighted by Crippen LogP contribution is 2.23. The molecular formula is C15H18ClN3O2S. The predicted octanol–water partition coefficient (Wildman–Crippen LogP) is 3.04. The van der Waals surface area contributed by atoms with E-state index in [-0.39, 0.29) is 24.1 Å². The van der Waals surface area contributed by atoms with E-state index in [2.05, 4.69) is 10.3 Å². The number of carbonyl (C=O) groups excluding carboxylic acids is 2. The smallest absolute Gasteiger partial charge is 0.230 e. The summed E-state index contributed by atoms with van der Waals surface area (Å²) in [6.45, 7) is 3.24. The molecular weight excluding hydrogens is 322 g/mol. The van der Waals surface area contributed by atoms with Gasteiger partial charge in [-0.25, -0.2) is 4.98 Å². The van der Waals surface area contributed by atoms with Crippen LogP contribution in [0.15, 0.2) is 36.5 Å². The Labute approximate surface area is 139 Å². The van der Waals surface area contributed by atoms with E-state index >= 15 is 0 Å². The molecule has 1 heterocycles. The lowest BCUT2D eigenvalue weighted by Gasteiger charge is -2.19. The fraction of sp³-hybridized carbons (Fsp3) is 0.267. The molecule has 2 rings (SSSR count). The number of amides is 1. The number of nitrogens with two attached hydrogens (primary N) is 1. The summed E-state index contributed by atoms with van der Waals surface area (Å²) >= 11 is 1.16. The summed E-state index contributed by atoms with van der Waals surface area (Å²) in [6, 6.07) is 9.08. The lowest BCUT2D eigenvalue weighted by atomic mass is 9.95. The highest BCUT2D eigenvalue weighted by atomic mass is 35.5. The van der Waals surface area contributed by atoms with Gasteiger partial charge in [-0.15, -0.1) is 12.4 Å². The van der Waals surface area contributed by atoms with Crippen molar-refractivity contribution in [1.82, 2.24) is 4.98 Å². The van der Waals surface area contributed by atoms with Crippen LogP contribution in [0.4, 0.5) is 5.13 Å². The van der Waals surface area contributed by atoms with Gasteiger partial charge in [0.05, 0.1) is 17.0 Å². The summed E-state index contributed by atoms with van der Waals surface area (Å²) in [6.07, 6.45) is 1.46. The molecule has 2 unspecified atom stereocenters. The number of halogens is 1. The zero-order chi connectivity index (χ0) is 15.4. The maximum atomic E-state index is 12.2. The van der Waals surface area contributed by atoms with Crippen molar-refractivity contribution in [2.75, 3.05) is 5.32 Å². The minimum atomic E-state index is -0.405. The zero-order valence-electron chi connectivity index (χ0n) is 12.3. The molecule has 0 saturated heterocycles. The average Bonchev–Trinajstić information content (AvgIpc) is 2.95. The highest BCUT2D eigenvalue weighted by molar-refractivity contribution is 7.17. The summed E-state index contributed by atoms with van der Waals surface area (Å²) in [5, 5.41) is 3.12. The summed E-state index contributed by atoms with van der Waals surface area (Å²) < 4.78 is 0. The maximum absolute atomic E-state index is 12.2. The van der Waals surface area contributed by atoms with Gasteiger partial charge in [-0.2, -0.15) is 0 Å². The first-order valence-corrected chi connectivity index (χ1v) is 7.39. The number of nitrogens with one attached hydrogen (secondary N) is 1. The number of ketones is 1. The van der Waals surface area contributed by atoms with Crippen LogP contribution in [0.3, 0.4) is 0 Å². The Morgan fingerprint density at radius 1 is 1.27 bits per heavy atom. The van der Waals surface area contributed by atoms with E-state index in [4.69, 9.17) is 5.73 Å². The van der Waals surface area contributed by atoms with Gasteiger partial charge >= 0.3 is 0 Å². The molecule has 0 bridgehead atoms. The highest BCUT2D eigenvalue weighted by Gasteiger charge is 2.23. The number of rotatable bonds is 5. The van der Waals surface area contributed by atoms with E-state index < -0.39 is 12.0 Å². The van der Waals surface area contributed by atoms with Crippen LogP contribution < -0.4 is 11.1 Å². The van der Waals surface area contributed by atoms with Gasteiger partial charge in [0.15, 0.2) is 10.9 Å². The van der Waals surface area contributed by atoms with E-state index in [1.807, 2.05) is 30.3 Å². The van der Waals surface area contributed by atoms with Crippen LogP contribution in [0.2, 0.25) is 0 Å². The van der Waals surface area contributed by atoms with Crippen molar-refractivity contribution < 1.29 is 9.59 Å². The second-order valence-corrected chi connectivity index (χ2v) is 5.83. The number of thiazole rings is 1. The number of hydrogen-bond donors (Lipinski definition) is 2. The molecule has 118 valence electrons. The lowest BCUT2D eigenvalue weighted by molar-refractivity contribution is -0.120. The third-order valence-corrected chi connectivity index (χ3v) is 4.23. The van der Waals surface area contributed by atoms with Crippen molar-refractivity contribution in [1.29, 1.82) is 0 Å². The minimum absolute atomic E-state index is 0. The zero-order valence-corrected chi connectivity index (χ0v) is 13.9. The van der Waals surface area contributed by atoms with Crippen molar-refractivity contribution in [3.8, 4) is 0 Å². The Balaban J connectivity index is 0.00000242. The number of nitrogens with zero attached hydrogens (tertiary/aromatic N) is 1. The van der Waals surface area contributed by atoms with Crippen LogP contribution in [0.25, 0.3) is 0 Å². The molecule has 2 aromatic rings. The van der Waals surface area contributed by atoms with Gasteiger partial charge in [-0.1, -0.05) is 48.6 Å². The number of Topliss-reactive ketones (excluding diaryl/α,β-unsaturated/α-hetero) is 1. The number of carbonyl (C=O) groups is 2. The van der Waals surface area contributed by atoms with Gasteiger partial charge in [0.2, 0.25) is 5.91 Å². The molecule has 0 spiro atoms. The molecule has 0 aliphatic carbocycles. The van der Waals surface area contributed by atoms with Crippen molar-refractivity contribution in [2.45, 2.75) is 19.9 Å². The largest absolute Gasteiger partial charge is 0.323 e. The molecule has 3 N–H and O–H groups in total. The first-order valence-electron chi connectivity index (χ1n) is 6.57. The Hall–Kier alpha value is -1.76. The molecule has 0 aliphatic rings. The molecule has 0 aliphatic heterocycles. The standard InChI is InChI=1S/C15H17N3O2S.ClH/c1-9(13(16)11-6-4-3-5-7-11)14(20)18-15-17-8-12(21-15)10(2)19;/h3-9,13H,16H2,1-2H3,(H,17,18,20);1H. The van der Waals surface area contributed by atoms with E-state index in [0.29, 0.717) is 10.0 Å². The Morgan fingerprint density at radius 3 is 2.45 bits per heavy atom. The Bertz CT molecular complexity index is 645.